The minimum atomic E-state index is -1.21. The van der Waals surface area contributed by atoms with Crippen LogP contribution in [0.5, 0.6) is 0 Å². The van der Waals surface area contributed by atoms with Gasteiger partial charge in [0.2, 0.25) is 5.95 Å². The molecule has 5 heteroatoms. The normalized spacial score (nSPS) is 15.2. The first-order valence-corrected chi connectivity index (χ1v) is 9.96. The molecule has 1 aromatic carbocycles. The van der Waals surface area contributed by atoms with E-state index in [1.54, 1.807) is 6.20 Å². The molecule has 0 aliphatic heterocycles. The Hall–Kier alpha value is -2.82. The molecule has 2 heterocycles. The third-order valence-electron chi connectivity index (χ3n) is 5.47. The van der Waals surface area contributed by atoms with Crippen molar-refractivity contribution in [2.24, 2.45) is 0 Å². The van der Waals surface area contributed by atoms with E-state index in [2.05, 4.69) is 44.5 Å². The standard InChI is InChI=1S/C23H25FN4/c1-3-11-23(24,4-2)15-27-22-26-14-19-18(8-10-21(19)28-22)16-7-9-20-17(13-16)6-5-12-25-20/h5-9,12-14H,3-4,10-11,15H2,1-2H3,(H,26,27,28). The van der Waals surface area contributed by atoms with Gasteiger partial charge in [-0.25, -0.2) is 14.4 Å². The van der Waals surface area contributed by atoms with Crippen LogP contribution in [0.4, 0.5) is 10.3 Å². The lowest BCUT2D eigenvalue weighted by molar-refractivity contribution is 0.158. The molecule has 4 rings (SSSR count). The average Bonchev–Trinajstić information content (AvgIpc) is 3.15. The van der Waals surface area contributed by atoms with E-state index >= 15 is 0 Å². The van der Waals surface area contributed by atoms with Gasteiger partial charge in [0, 0.05) is 29.8 Å². The van der Waals surface area contributed by atoms with Crippen molar-refractivity contribution in [1.29, 1.82) is 0 Å². The Balaban J connectivity index is 1.54. The Morgan fingerprint density at radius 3 is 2.89 bits per heavy atom. The molecule has 1 N–H and O–H groups in total. The van der Waals surface area contributed by atoms with Gasteiger partial charge < -0.3 is 5.32 Å². The molecule has 1 aliphatic carbocycles. The molecule has 1 unspecified atom stereocenters. The molecule has 0 saturated heterocycles. The molecule has 3 aromatic rings. The molecule has 144 valence electrons. The van der Waals surface area contributed by atoms with Crippen LogP contribution in [0, 0.1) is 0 Å². The average molecular weight is 376 g/mol. The maximum Gasteiger partial charge on any atom is 0.223 e. The topological polar surface area (TPSA) is 50.7 Å². The van der Waals surface area contributed by atoms with Gasteiger partial charge in [-0.05, 0) is 42.2 Å². The highest BCUT2D eigenvalue weighted by atomic mass is 19.1. The summed E-state index contributed by atoms with van der Waals surface area (Å²) in [5.41, 5.74) is 4.09. The highest BCUT2D eigenvalue weighted by Gasteiger charge is 2.26. The first-order chi connectivity index (χ1) is 13.6. The van der Waals surface area contributed by atoms with E-state index in [1.165, 1.54) is 0 Å². The van der Waals surface area contributed by atoms with Gasteiger partial charge in [0.1, 0.15) is 5.67 Å². The van der Waals surface area contributed by atoms with Crippen molar-refractivity contribution < 1.29 is 4.39 Å². The molecule has 0 fully saturated rings. The summed E-state index contributed by atoms with van der Waals surface area (Å²) in [6.45, 7) is 4.14. The SMILES string of the molecule is CCCC(F)(CC)CNc1ncc2c(n1)CC=C2c1ccc2ncccc2c1. The van der Waals surface area contributed by atoms with E-state index in [-0.39, 0.29) is 6.54 Å². The Labute approximate surface area is 164 Å². The van der Waals surface area contributed by atoms with E-state index in [0.717, 1.165) is 46.1 Å². The van der Waals surface area contributed by atoms with E-state index in [1.807, 2.05) is 32.2 Å². The van der Waals surface area contributed by atoms with Gasteiger partial charge >= 0.3 is 0 Å². The summed E-state index contributed by atoms with van der Waals surface area (Å²) in [6.07, 6.45) is 8.46. The monoisotopic (exact) mass is 376 g/mol. The molecule has 0 radical (unpaired) electrons. The molecule has 1 aliphatic rings. The molecule has 0 amide bonds. The number of rotatable bonds is 7. The highest BCUT2D eigenvalue weighted by molar-refractivity contribution is 5.89. The van der Waals surface area contributed by atoms with Gasteiger partial charge in [-0.15, -0.1) is 0 Å². The summed E-state index contributed by atoms with van der Waals surface area (Å²) in [4.78, 5) is 13.5. The molecule has 0 spiro atoms. The second-order valence-electron chi connectivity index (χ2n) is 7.39. The predicted molar refractivity (Wildman–Crippen MR) is 112 cm³/mol. The van der Waals surface area contributed by atoms with Gasteiger partial charge in [-0.1, -0.05) is 38.5 Å². The molecule has 1 atom stereocenters. The lowest BCUT2D eigenvalue weighted by Crippen LogP contribution is -2.32. The number of allylic oxidation sites excluding steroid dienone is 1. The molecule has 0 saturated carbocycles. The van der Waals surface area contributed by atoms with Crippen molar-refractivity contribution in [2.45, 2.75) is 45.2 Å². The van der Waals surface area contributed by atoms with Crippen LogP contribution in [0.2, 0.25) is 0 Å². The van der Waals surface area contributed by atoms with Crippen LogP contribution in [0.3, 0.4) is 0 Å². The van der Waals surface area contributed by atoms with Crippen molar-refractivity contribution in [2.75, 3.05) is 11.9 Å². The van der Waals surface area contributed by atoms with Crippen LogP contribution in [-0.2, 0) is 6.42 Å². The zero-order valence-electron chi connectivity index (χ0n) is 16.4. The molecular weight excluding hydrogens is 351 g/mol. The van der Waals surface area contributed by atoms with Crippen molar-refractivity contribution in [3.05, 3.63) is 65.6 Å². The third-order valence-corrected chi connectivity index (χ3v) is 5.47. The highest BCUT2D eigenvalue weighted by Crippen LogP contribution is 2.33. The van der Waals surface area contributed by atoms with Crippen LogP contribution in [-0.4, -0.2) is 27.2 Å². The van der Waals surface area contributed by atoms with Crippen molar-refractivity contribution in [3.63, 3.8) is 0 Å². The number of benzene rings is 1. The van der Waals surface area contributed by atoms with Gasteiger partial charge in [0.25, 0.3) is 0 Å². The van der Waals surface area contributed by atoms with E-state index in [0.29, 0.717) is 18.8 Å². The maximum atomic E-state index is 14.8. The summed E-state index contributed by atoms with van der Waals surface area (Å²) in [5.74, 6) is 0.502. The van der Waals surface area contributed by atoms with Crippen LogP contribution >= 0.6 is 0 Å². The van der Waals surface area contributed by atoms with Crippen LogP contribution in [0.1, 0.15) is 49.9 Å². The summed E-state index contributed by atoms with van der Waals surface area (Å²) < 4.78 is 14.8. The maximum absolute atomic E-state index is 14.8. The van der Waals surface area contributed by atoms with E-state index in [9.17, 15) is 4.39 Å². The van der Waals surface area contributed by atoms with Gasteiger partial charge in [-0.3, -0.25) is 4.98 Å². The lowest BCUT2D eigenvalue weighted by Gasteiger charge is -2.23. The molecular formula is C23H25FN4. The number of halogens is 1. The second-order valence-corrected chi connectivity index (χ2v) is 7.39. The number of hydrogen-bond donors (Lipinski definition) is 1. The van der Waals surface area contributed by atoms with Crippen LogP contribution in [0.15, 0.2) is 48.8 Å². The number of pyridine rings is 1. The van der Waals surface area contributed by atoms with E-state index < -0.39 is 5.67 Å². The summed E-state index contributed by atoms with van der Waals surface area (Å²) in [7, 11) is 0. The fourth-order valence-corrected chi connectivity index (χ4v) is 3.78. The fourth-order valence-electron chi connectivity index (χ4n) is 3.78. The predicted octanol–water partition coefficient (Wildman–Crippen LogP) is 5.34. The number of nitrogens with one attached hydrogen (secondary N) is 1. The Morgan fingerprint density at radius 1 is 1.18 bits per heavy atom. The van der Waals surface area contributed by atoms with Gasteiger partial charge in [0.05, 0.1) is 17.8 Å². The first kappa shape index (κ1) is 18.5. The Morgan fingerprint density at radius 2 is 2.07 bits per heavy atom. The fraction of sp³-hybridized carbons (Fsp3) is 0.348. The number of nitrogens with zero attached hydrogens (tertiary/aromatic N) is 3. The zero-order valence-corrected chi connectivity index (χ0v) is 16.4. The first-order valence-electron chi connectivity index (χ1n) is 9.96. The number of anilines is 1. The number of hydrogen-bond acceptors (Lipinski definition) is 4. The number of fused-ring (bicyclic) bond motifs is 2. The minimum Gasteiger partial charge on any atom is -0.351 e. The Bertz CT molecular complexity index is 1030. The van der Waals surface area contributed by atoms with Crippen LogP contribution in [0.25, 0.3) is 16.5 Å². The van der Waals surface area contributed by atoms with Crippen molar-refractivity contribution in [3.8, 4) is 0 Å². The molecule has 0 bridgehead atoms. The lowest BCUT2D eigenvalue weighted by atomic mass is 9.97. The largest absolute Gasteiger partial charge is 0.351 e. The summed E-state index contributed by atoms with van der Waals surface area (Å²) >= 11 is 0. The van der Waals surface area contributed by atoms with E-state index in [4.69, 9.17) is 0 Å². The molecule has 2 aromatic heterocycles. The minimum absolute atomic E-state index is 0.244. The zero-order chi connectivity index (χ0) is 19.6. The third kappa shape index (κ3) is 3.61. The summed E-state index contributed by atoms with van der Waals surface area (Å²) in [6, 6.07) is 10.3. The van der Waals surface area contributed by atoms with Gasteiger partial charge in [0.15, 0.2) is 0 Å². The molecule has 4 nitrogen and oxygen atoms in total. The van der Waals surface area contributed by atoms with Gasteiger partial charge in [-0.2, -0.15) is 0 Å². The van der Waals surface area contributed by atoms with Crippen LogP contribution < -0.4 is 5.32 Å². The second kappa shape index (κ2) is 7.66. The smallest absolute Gasteiger partial charge is 0.223 e. The van der Waals surface area contributed by atoms with Crippen molar-refractivity contribution in [1.82, 2.24) is 15.0 Å². The summed E-state index contributed by atoms with van der Waals surface area (Å²) in [5, 5.41) is 4.22. The quantitative estimate of drug-likeness (QED) is 0.604. The molecule has 28 heavy (non-hydrogen) atoms. The Kier molecular flexibility index (Phi) is 5.07. The van der Waals surface area contributed by atoms with Crippen molar-refractivity contribution >= 4 is 22.4 Å². The number of aromatic nitrogens is 3. The number of alkyl halides is 1.